The average Bonchev–Trinajstić information content (AvgIpc) is 3.28. The number of para-hydroxylation sites is 1. The van der Waals surface area contributed by atoms with Crippen LogP contribution in [-0.2, 0) is 9.59 Å². The molecule has 29 heavy (non-hydrogen) atoms. The van der Waals surface area contributed by atoms with Crippen LogP contribution in [0.1, 0.15) is 42.6 Å². The first kappa shape index (κ1) is 19.1. The summed E-state index contributed by atoms with van der Waals surface area (Å²) in [5.41, 5.74) is 2.42. The molecular weight excluding hydrogens is 373 g/mol. The molecule has 2 aromatic rings. The molecule has 0 unspecified atom stereocenters. The molecule has 0 spiro atoms. The summed E-state index contributed by atoms with van der Waals surface area (Å²) in [6.45, 7) is 3.63. The number of carbonyl (C=O) groups is 3. The van der Waals surface area contributed by atoms with E-state index in [2.05, 4.69) is 5.32 Å². The molecule has 1 N–H and O–H groups in total. The van der Waals surface area contributed by atoms with Crippen LogP contribution < -0.4 is 5.32 Å². The second-order valence-corrected chi connectivity index (χ2v) is 7.54. The molecular formula is C22H22FN3O3. The highest BCUT2D eigenvalue weighted by Gasteiger charge is 2.40. The van der Waals surface area contributed by atoms with Gasteiger partial charge in [0.25, 0.3) is 11.8 Å². The van der Waals surface area contributed by atoms with Gasteiger partial charge in [0, 0.05) is 17.4 Å². The third-order valence-electron chi connectivity index (χ3n) is 5.69. The third kappa shape index (κ3) is 3.26. The molecule has 4 amide bonds. The lowest BCUT2D eigenvalue weighted by Gasteiger charge is -2.31. The first-order valence-corrected chi connectivity index (χ1v) is 9.73. The Kier molecular flexibility index (Phi) is 4.82. The Morgan fingerprint density at radius 3 is 2.48 bits per heavy atom. The number of nitrogens with zero attached hydrogens (tertiary/aromatic N) is 2. The summed E-state index contributed by atoms with van der Waals surface area (Å²) in [5, 5.41) is 2.28. The zero-order valence-corrected chi connectivity index (χ0v) is 16.4. The smallest absolute Gasteiger partial charge is 0.315 e. The number of imide groups is 2. The summed E-state index contributed by atoms with van der Waals surface area (Å²) in [6, 6.07) is 7.39. The highest BCUT2D eigenvalue weighted by molar-refractivity contribution is 6.31. The van der Waals surface area contributed by atoms with Gasteiger partial charge in [-0.15, -0.1) is 0 Å². The van der Waals surface area contributed by atoms with E-state index in [1.165, 1.54) is 17.0 Å². The number of barbiturate groups is 1. The normalized spacial score (nSPS) is 19.3. The van der Waals surface area contributed by atoms with Crippen LogP contribution >= 0.6 is 0 Å². The first-order chi connectivity index (χ1) is 13.9. The molecule has 7 heteroatoms. The lowest BCUT2D eigenvalue weighted by Crippen LogP contribution is -2.57. The molecule has 0 bridgehead atoms. The Morgan fingerprint density at radius 1 is 1.10 bits per heavy atom. The monoisotopic (exact) mass is 395 g/mol. The Bertz CT molecular complexity index is 1050. The molecule has 6 nitrogen and oxygen atoms in total. The molecule has 1 aliphatic heterocycles. The lowest BCUT2D eigenvalue weighted by atomic mass is 10.1. The number of carbonyl (C=O) groups excluding carboxylic acids is 3. The molecule has 2 heterocycles. The Labute approximate surface area is 168 Å². The van der Waals surface area contributed by atoms with Gasteiger partial charge in [-0.2, -0.15) is 0 Å². The lowest BCUT2D eigenvalue weighted by molar-refractivity contribution is -0.131. The molecule has 1 saturated carbocycles. The molecule has 2 fully saturated rings. The number of hydrogen-bond donors (Lipinski definition) is 1. The van der Waals surface area contributed by atoms with E-state index in [1.54, 1.807) is 35.8 Å². The number of benzene rings is 1. The second-order valence-electron chi connectivity index (χ2n) is 7.54. The van der Waals surface area contributed by atoms with Gasteiger partial charge in [0.15, 0.2) is 0 Å². The fraction of sp³-hybridized carbons (Fsp3) is 0.318. The van der Waals surface area contributed by atoms with Gasteiger partial charge < -0.3 is 4.57 Å². The van der Waals surface area contributed by atoms with E-state index in [4.69, 9.17) is 0 Å². The number of amides is 4. The third-order valence-corrected chi connectivity index (χ3v) is 5.69. The van der Waals surface area contributed by atoms with Crippen molar-refractivity contribution < 1.29 is 18.8 Å². The van der Waals surface area contributed by atoms with Gasteiger partial charge in [0.05, 0.1) is 5.69 Å². The minimum atomic E-state index is -0.704. The molecule has 0 radical (unpaired) electrons. The highest BCUT2D eigenvalue weighted by Crippen LogP contribution is 2.29. The molecule has 1 aliphatic carbocycles. The second kappa shape index (κ2) is 7.31. The fourth-order valence-electron chi connectivity index (χ4n) is 4.26. The molecule has 150 valence electrons. The van der Waals surface area contributed by atoms with Gasteiger partial charge >= 0.3 is 6.03 Å². The van der Waals surface area contributed by atoms with Crippen molar-refractivity contribution in [3.63, 3.8) is 0 Å². The minimum absolute atomic E-state index is 0.0784. The molecule has 4 rings (SSSR count). The van der Waals surface area contributed by atoms with Crippen LogP contribution in [0.2, 0.25) is 0 Å². The van der Waals surface area contributed by atoms with Crippen LogP contribution in [0.3, 0.4) is 0 Å². The molecule has 2 aliphatic rings. The van der Waals surface area contributed by atoms with Crippen molar-refractivity contribution in [3.05, 3.63) is 58.7 Å². The van der Waals surface area contributed by atoms with Crippen molar-refractivity contribution in [2.75, 3.05) is 0 Å². The minimum Gasteiger partial charge on any atom is -0.315 e. The summed E-state index contributed by atoms with van der Waals surface area (Å²) < 4.78 is 16.0. The van der Waals surface area contributed by atoms with E-state index in [0.29, 0.717) is 16.9 Å². The van der Waals surface area contributed by atoms with Crippen molar-refractivity contribution in [1.82, 2.24) is 14.8 Å². The van der Waals surface area contributed by atoms with E-state index in [1.807, 2.05) is 6.92 Å². The van der Waals surface area contributed by atoms with Gasteiger partial charge in [-0.25, -0.2) is 9.18 Å². The number of urea groups is 1. The number of hydrogen-bond acceptors (Lipinski definition) is 3. The number of aryl methyl sites for hydroxylation is 1. The van der Waals surface area contributed by atoms with Crippen LogP contribution in [0, 0.1) is 19.7 Å². The van der Waals surface area contributed by atoms with Gasteiger partial charge in [-0.3, -0.25) is 19.8 Å². The number of rotatable bonds is 3. The first-order valence-electron chi connectivity index (χ1n) is 9.73. The van der Waals surface area contributed by atoms with Crippen molar-refractivity contribution in [2.45, 2.75) is 45.6 Å². The van der Waals surface area contributed by atoms with Crippen molar-refractivity contribution in [1.29, 1.82) is 0 Å². The van der Waals surface area contributed by atoms with Crippen LogP contribution in [-0.4, -0.2) is 33.4 Å². The maximum absolute atomic E-state index is 14.3. The fourth-order valence-corrected chi connectivity index (χ4v) is 4.26. The van der Waals surface area contributed by atoms with E-state index in [0.717, 1.165) is 31.4 Å². The highest BCUT2D eigenvalue weighted by atomic mass is 19.1. The van der Waals surface area contributed by atoms with Gasteiger partial charge in [0.1, 0.15) is 11.4 Å². The van der Waals surface area contributed by atoms with Crippen LogP contribution in [0.15, 0.2) is 35.9 Å². The van der Waals surface area contributed by atoms with E-state index >= 15 is 0 Å². The van der Waals surface area contributed by atoms with Gasteiger partial charge in [-0.1, -0.05) is 25.0 Å². The largest absolute Gasteiger partial charge is 0.331 e. The Morgan fingerprint density at radius 2 is 1.79 bits per heavy atom. The van der Waals surface area contributed by atoms with E-state index in [9.17, 15) is 18.8 Å². The van der Waals surface area contributed by atoms with Crippen molar-refractivity contribution in [3.8, 4) is 5.69 Å². The van der Waals surface area contributed by atoms with Crippen LogP contribution in [0.4, 0.5) is 9.18 Å². The molecule has 1 aromatic heterocycles. The van der Waals surface area contributed by atoms with E-state index in [-0.39, 0.29) is 17.4 Å². The van der Waals surface area contributed by atoms with Crippen LogP contribution in [0.25, 0.3) is 11.8 Å². The van der Waals surface area contributed by atoms with E-state index < -0.39 is 17.8 Å². The Hall–Kier alpha value is -3.22. The topological polar surface area (TPSA) is 71.4 Å². The SMILES string of the molecule is Cc1cc(/C=C2\C(=O)NC(=O)N(C3CCCC3)C2=O)c(C)n1-c1ccccc1F. The molecule has 0 atom stereocenters. The maximum Gasteiger partial charge on any atom is 0.331 e. The standard InChI is InChI=1S/C22H22FN3O3/c1-13-11-15(14(2)25(13)19-10-6-5-9-18(19)23)12-17-20(27)24-22(29)26(21(17)28)16-7-3-4-8-16/h5-6,9-12,16H,3-4,7-8H2,1-2H3,(H,24,27,29)/b17-12+. The quantitative estimate of drug-likeness (QED) is 0.637. The predicted octanol–water partition coefficient (Wildman–Crippen LogP) is 3.64. The summed E-state index contributed by atoms with van der Waals surface area (Å²) >= 11 is 0. The summed E-state index contributed by atoms with van der Waals surface area (Å²) in [6.07, 6.45) is 4.91. The Balaban J connectivity index is 1.74. The maximum atomic E-state index is 14.3. The molecule has 1 aromatic carbocycles. The summed E-state index contributed by atoms with van der Waals surface area (Å²) in [7, 11) is 0. The summed E-state index contributed by atoms with van der Waals surface area (Å²) in [5.74, 6) is -1.63. The zero-order chi connectivity index (χ0) is 20.7. The van der Waals surface area contributed by atoms with Crippen LogP contribution in [0.5, 0.6) is 0 Å². The van der Waals surface area contributed by atoms with Gasteiger partial charge in [0.2, 0.25) is 0 Å². The number of nitrogens with one attached hydrogen (secondary N) is 1. The van der Waals surface area contributed by atoms with Crippen molar-refractivity contribution in [2.24, 2.45) is 0 Å². The molecule has 1 saturated heterocycles. The van der Waals surface area contributed by atoms with Gasteiger partial charge in [-0.05, 0) is 56.5 Å². The number of halogens is 1. The summed E-state index contributed by atoms with van der Waals surface area (Å²) in [4.78, 5) is 38.8. The average molecular weight is 395 g/mol. The number of aromatic nitrogens is 1. The van der Waals surface area contributed by atoms with Crippen molar-refractivity contribution >= 4 is 23.9 Å². The predicted molar refractivity (Wildman–Crippen MR) is 106 cm³/mol. The zero-order valence-electron chi connectivity index (χ0n) is 16.4.